The number of hydrogen-bond acceptors (Lipinski definition) is 5. The third kappa shape index (κ3) is 2.07. The number of nitriles is 1. The Morgan fingerprint density at radius 1 is 1.48 bits per heavy atom. The van der Waals surface area contributed by atoms with Crippen molar-refractivity contribution in [2.24, 2.45) is 5.73 Å². The van der Waals surface area contributed by atoms with E-state index in [0.29, 0.717) is 17.2 Å². The lowest BCUT2D eigenvalue weighted by molar-refractivity contribution is 0.369. The normalized spacial score (nSPS) is 17.3. The third-order valence-corrected chi connectivity index (χ3v) is 3.56. The molecule has 1 aliphatic rings. The number of aromatic nitrogens is 2. The van der Waals surface area contributed by atoms with Crippen molar-refractivity contribution in [2.45, 2.75) is 32.6 Å². The van der Waals surface area contributed by atoms with E-state index in [-0.39, 0.29) is 11.8 Å². The molecule has 0 aromatic carbocycles. The van der Waals surface area contributed by atoms with E-state index >= 15 is 0 Å². The summed E-state index contributed by atoms with van der Waals surface area (Å²) in [6.45, 7) is 3.95. The van der Waals surface area contributed by atoms with E-state index in [0.717, 1.165) is 29.9 Å². The minimum Gasteiger partial charge on any atom is -0.465 e. The largest absolute Gasteiger partial charge is 0.465 e. The topological polar surface area (TPSA) is 101 Å². The van der Waals surface area contributed by atoms with Crippen LogP contribution in [0.25, 0.3) is 0 Å². The first-order valence-electron chi connectivity index (χ1n) is 6.86. The first-order valence-corrected chi connectivity index (χ1v) is 6.86. The molecule has 0 aliphatic carbocycles. The van der Waals surface area contributed by atoms with Gasteiger partial charge in [-0.3, -0.25) is 5.10 Å². The number of rotatable bonds is 3. The number of furan rings is 1. The molecule has 3 heterocycles. The molecule has 108 valence electrons. The maximum Gasteiger partial charge on any atom is 0.244 e. The zero-order valence-corrected chi connectivity index (χ0v) is 11.9. The van der Waals surface area contributed by atoms with Crippen LogP contribution in [-0.4, -0.2) is 10.2 Å². The molecule has 0 fully saturated rings. The Hall–Kier alpha value is -2.68. The maximum atomic E-state index is 9.44. The van der Waals surface area contributed by atoms with Gasteiger partial charge in [-0.05, 0) is 25.5 Å². The van der Waals surface area contributed by atoms with Gasteiger partial charge < -0.3 is 14.9 Å². The first kappa shape index (κ1) is 13.3. The average Bonchev–Trinajstić information content (AvgIpc) is 3.05. The van der Waals surface area contributed by atoms with Crippen molar-refractivity contribution in [3.63, 3.8) is 0 Å². The van der Waals surface area contributed by atoms with Crippen LogP contribution >= 0.6 is 0 Å². The number of fused-ring (bicyclic) bond motifs is 1. The lowest BCUT2D eigenvalue weighted by Gasteiger charge is -2.22. The van der Waals surface area contributed by atoms with Crippen LogP contribution in [0.4, 0.5) is 0 Å². The minimum absolute atomic E-state index is 0.0820. The van der Waals surface area contributed by atoms with Crippen molar-refractivity contribution in [1.82, 2.24) is 10.2 Å². The molecule has 1 aliphatic heterocycles. The van der Waals surface area contributed by atoms with Crippen molar-refractivity contribution in [2.75, 3.05) is 0 Å². The summed E-state index contributed by atoms with van der Waals surface area (Å²) < 4.78 is 11.2. The van der Waals surface area contributed by atoms with Gasteiger partial charge >= 0.3 is 0 Å². The van der Waals surface area contributed by atoms with E-state index in [1.54, 1.807) is 0 Å². The van der Waals surface area contributed by atoms with Crippen LogP contribution in [-0.2, 0) is 6.42 Å². The van der Waals surface area contributed by atoms with Gasteiger partial charge in [-0.25, -0.2) is 0 Å². The predicted octanol–water partition coefficient (Wildman–Crippen LogP) is 2.48. The Kier molecular flexibility index (Phi) is 3.18. The predicted molar refractivity (Wildman–Crippen MR) is 75.3 cm³/mol. The van der Waals surface area contributed by atoms with Gasteiger partial charge in [-0.2, -0.15) is 5.26 Å². The molecule has 0 bridgehead atoms. The Bertz CT molecular complexity index is 748. The zero-order valence-electron chi connectivity index (χ0n) is 11.9. The Balaban J connectivity index is 2.19. The van der Waals surface area contributed by atoms with E-state index in [9.17, 15) is 5.26 Å². The molecule has 0 unspecified atom stereocenters. The van der Waals surface area contributed by atoms with Crippen LogP contribution in [0.1, 0.15) is 42.0 Å². The van der Waals surface area contributed by atoms with Crippen molar-refractivity contribution in [3.05, 3.63) is 46.4 Å². The molecular formula is C15H16N4O2. The fourth-order valence-electron chi connectivity index (χ4n) is 2.64. The number of aromatic amines is 1. The van der Waals surface area contributed by atoms with Crippen LogP contribution in [0.3, 0.4) is 0 Å². The van der Waals surface area contributed by atoms with Gasteiger partial charge in [0.15, 0.2) is 0 Å². The number of ether oxygens (including phenoxy) is 1. The van der Waals surface area contributed by atoms with Crippen molar-refractivity contribution in [3.8, 4) is 11.9 Å². The summed E-state index contributed by atoms with van der Waals surface area (Å²) in [4.78, 5) is 0. The maximum absolute atomic E-state index is 9.44. The van der Waals surface area contributed by atoms with Crippen LogP contribution in [0, 0.1) is 18.3 Å². The molecule has 2 aromatic heterocycles. The molecule has 2 aromatic rings. The zero-order chi connectivity index (χ0) is 15.0. The molecule has 21 heavy (non-hydrogen) atoms. The second kappa shape index (κ2) is 5.02. The third-order valence-electron chi connectivity index (χ3n) is 3.56. The van der Waals surface area contributed by atoms with E-state index in [4.69, 9.17) is 14.9 Å². The number of nitrogens with two attached hydrogens (primary N) is 1. The summed E-state index contributed by atoms with van der Waals surface area (Å²) in [5.74, 6) is 1.60. The summed E-state index contributed by atoms with van der Waals surface area (Å²) in [6.07, 6.45) is 1.78. The highest BCUT2D eigenvalue weighted by molar-refractivity contribution is 5.53. The first-order chi connectivity index (χ1) is 10.2. The van der Waals surface area contributed by atoms with Crippen LogP contribution in [0.5, 0.6) is 5.88 Å². The molecule has 3 N–H and O–H groups in total. The molecule has 6 nitrogen and oxygen atoms in total. The molecule has 0 saturated heterocycles. The standard InChI is InChI=1S/C15H16N4O2/c1-3-4-10-13-12(11-6-5-8(2)20-11)9(7-16)14(17)21-15(13)19-18-10/h5-6,12H,3-4,17H2,1-2H3,(H,18,19)/t12-/m0/s1. The Labute approximate surface area is 122 Å². The number of aryl methyl sites for hydroxylation is 2. The molecular weight excluding hydrogens is 268 g/mol. The van der Waals surface area contributed by atoms with Gasteiger partial charge in [0.1, 0.15) is 23.2 Å². The Morgan fingerprint density at radius 2 is 2.29 bits per heavy atom. The SMILES string of the molecule is CCCc1[nH]nc2c1[C@H](c1ccc(C)o1)C(C#N)=C(N)O2. The van der Waals surface area contributed by atoms with Gasteiger partial charge in [0.25, 0.3) is 0 Å². The molecule has 0 amide bonds. The van der Waals surface area contributed by atoms with E-state index in [1.165, 1.54) is 0 Å². The second-order valence-corrected chi connectivity index (χ2v) is 5.04. The van der Waals surface area contributed by atoms with E-state index in [2.05, 4.69) is 23.2 Å². The van der Waals surface area contributed by atoms with Gasteiger partial charge in [-0.1, -0.05) is 13.3 Å². The van der Waals surface area contributed by atoms with Crippen LogP contribution in [0.15, 0.2) is 28.0 Å². The molecule has 0 radical (unpaired) electrons. The summed E-state index contributed by atoms with van der Waals surface area (Å²) in [5.41, 5.74) is 8.01. The monoisotopic (exact) mass is 284 g/mol. The lowest BCUT2D eigenvalue weighted by atomic mass is 9.87. The number of nitrogens with zero attached hydrogens (tertiary/aromatic N) is 2. The molecule has 6 heteroatoms. The average molecular weight is 284 g/mol. The smallest absolute Gasteiger partial charge is 0.244 e. The highest BCUT2D eigenvalue weighted by Gasteiger charge is 2.36. The van der Waals surface area contributed by atoms with Gasteiger partial charge in [0.05, 0.1) is 11.5 Å². The highest BCUT2D eigenvalue weighted by Crippen LogP contribution is 2.43. The molecule has 3 rings (SSSR count). The van der Waals surface area contributed by atoms with Gasteiger partial charge in [-0.15, -0.1) is 5.10 Å². The van der Waals surface area contributed by atoms with Crippen LogP contribution in [0.2, 0.25) is 0 Å². The van der Waals surface area contributed by atoms with E-state index < -0.39 is 0 Å². The Morgan fingerprint density at radius 3 is 2.90 bits per heavy atom. The number of H-pyrrole nitrogens is 1. The van der Waals surface area contributed by atoms with Crippen LogP contribution < -0.4 is 10.5 Å². The summed E-state index contributed by atoms with van der Waals surface area (Å²) in [6, 6.07) is 5.87. The minimum atomic E-state index is -0.368. The van der Waals surface area contributed by atoms with Gasteiger partial charge in [0.2, 0.25) is 11.8 Å². The fourth-order valence-corrected chi connectivity index (χ4v) is 2.64. The van der Waals surface area contributed by atoms with E-state index in [1.807, 2.05) is 19.1 Å². The quantitative estimate of drug-likeness (QED) is 0.901. The number of nitrogens with one attached hydrogen (secondary N) is 1. The van der Waals surface area contributed by atoms with Gasteiger partial charge in [0, 0.05) is 5.69 Å². The molecule has 1 atom stereocenters. The second-order valence-electron chi connectivity index (χ2n) is 5.04. The molecule has 0 saturated carbocycles. The van der Waals surface area contributed by atoms with Crippen molar-refractivity contribution < 1.29 is 9.15 Å². The van der Waals surface area contributed by atoms with Crippen molar-refractivity contribution in [1.29, 1.82) is 5.26 Å². The fraction of sp³-hybridized carbons (Fsp3) is 0.333. The number of allylic oxidation sites excluding steroid dienone is 1. The highest BCUT2D eigenvalue weighted by atomic mass is 16.5. The molecule has 0 spiro atoms. The van der Waals surface area contributed by atoms with Crippen molar-refractivity contribution >= 4 is 0 Å². The summed E-state index contributed by atoms with van der Waals surface area (Å²) >= 11 is 0. The summed E-state index contributed by atoms with van der Waals surface area (Å²) in [7, 11) is 0. The summed E-state index contributed by atoms with van der Waals surface area (Å²) in [5, 5.41) is 16.6. The lowest BCUT2D eigenvalue weighted by Crippen LogP contribution is -2.21. The number of hydrogen-bond donors (Lipinski definition) is 2.